The molecular weight excluding hydrogens is 504 g/mol. The Kier molecular flexibility index (Phi) is 17.0. The van der Waals surface area contributed by atoms with Crippen LogP contribution in [-0.2, 0) is 34.9 Å². The Morgan fingerprint density at radius 3 is 1.74 bits per heavy atom. The molecule has 0 saturated heterocycles. The lowest BCUT2D eigenvalue weighted by Gasteiger charge is -2.09. The van der Waals surface area contributed by atoms with Crippen molar-refractivity contribution in [3.63, 3.8) is 0 Å². The topological polar surface area (TPSA) is 80.3 Å². The van der Waals surface area contributed by atoms with Crippen LogP contribution < -0.4 is 4.74 Å². The summed E-state index contributed by atoms with van der Waals surface area (Å²) >= 11 is 0. The van der Waals surface area contributed by atoms with Crippen LogP contribution in [-0.4, -0.2) is 61.3 Å². The molecule has 0 N–H and O–H groups in total. The van der Waals surface area contributed by atoms with E-state index < -0.39 is 10.1 Å². The summed E-state index contributed by atoms with van der Waals surface area (Å²) in [5, 5.41) is 0. The molecule has 0 fully saturated rings. The third kappa shape index (κ3) is 14.8. The molecule has 0 spiro atoms. The molecule has 38 heavy (non-hydrogen) atoms. The van der Waals surface area contributed by atoms with Gasteiger partial charge >= 0.3 is 0 Å². The summed E-state index contributed by atoms with van der Waals surface area (Å²) in [4.78, 5) is 0.142. The van der Waals surface area contributed by atoms with Gasteiger partial charge in [0.1, 0.15) is 12.4 Å². The number of aryl methyl sites for hydroxylation is 2. The molecule has 0 aliphatic heterocycles. The molecule has 2 aromatic carbocycles. The normalized spacial score (nSPS) is 11.6. The Morgan fingerprint density at radius 2 is 1.13 bits per heavy atom. The van der Waals surface area contributed by atoms with Crippen molar-refractivity contribution in [3.05, 3.63) is 59.7 Å². The van der Waals surface area contributed by atoms with Crippen molar-refractivity contribution in [2.45, 2.75) is 70.1 Å². The lowest BCUT2D eigenvalue weighted by Crippen LogP contribution is -2.15. The summed E-state index contributed by atoms with van der Waals surface area (Å²) in [5.41, 5.74) is 2.35. The fourth-order valence-corrected chi connectivity index (χ4v) is 4.67. The molecule has 0 saturated carbocycles. The van der Waals surface area contributed by atoms with Gasteiger partial charge in [-0.3, -0.25) is 4.18 Å². The van der Waals surface area contributed by atoms with E-state index in [2.05, 4.69) is 19.1 Å². The van der Waals surface area contributed by atoms with Gasteiger partial charge < -0.3 is 18.9 Å². The van der Waals surface area contributed by atoms with Crippen molar-refractivity contribution in [3.8, 4) is 5.75 Å². The van der Waals surface area contributed by atoms with E-state index in [0.29, 0.717) is 39.6 Å². The van der Waals surface area contributed by atoms with E-state index in [9.17, 15) is 8.42 Å². The lowest BCUT2D eigenvalue weighted by molar-refractivity contribution is 0.00528. The molecule has 0 heterocycles. The van der Waals surface area contributed by atoms with Gasteiger partial charge in [-0.1, -0.05) is 75.3 Å². The fraction of sp³-hybridized carbons (Fsp3) is 0.600. The number of hydrogen-bond donors (Lipinski definition) is 0. The van der Waals surface area contributed by atoms with Gasteiger partial charge in [0.15, 0.2) is 0 Å². The lowest BCUT2D eigenvalue weighted by atomic mass is 10.0. The molecule has 2 rings (SSSR count). The van der Waals surface area contributed by atoms with Crippen LogP contribution in [0.15, 0.2) is 53.4 Å². The Labute approximate surface area is 229 Å². The number of rotatable bonds is 23. The fourth-order valence-electron chi connectivity index (χ4n) is 3.77. The van der Waals surface area contributed by atoms with Crippen molar-refractivity contribution >= 4 is 10.1 Å². The first-order valence-corrected chi connectivity index (χ1v) is 15.3. The van der Waals surface area contributed by atoms with Crippen molar-refractivity contribution in [1.82, 2.24) is 0 Å². The van der Waals surface area contributed by atoms with E-state index in [0.717, 1.165) is 17.7 Å². The number of unbranched alkanes of at least 4 members (excludes halogenated alkanes) is 6. The average Bonchev–Trinajstić information content (AvgIpc) is 2.91. The standard InChI is InChI=1S/C30H46O7S/c1-3-4-5-6-7-8-9-10-28-13-15-29(16-14-28)36-25-23-34-21-19-33-20-22-35-24-26-37-38(31,32)30-17-11-27(2)12-18-30/h11-18H,3-10,19-26H2,1-2H3. The van der Waals surface area contributed by atoms with Gasteiger partial charge in [-0.05, 0) is 49.6 Å². The first-order chi connectivity index (χ1) is 18.5. The summed E-state index contributed by atoms with van der Waals surface area (Å²) in [6.45, 7) is 6.94. The second kappa shape index (κ2) is 20.0. The minimum Gasteiger partial charge on any atom is -0.491 e. The summed E-state index contributed by atoms with van der Waals surface area (Å²) < 4.78 is 51.2. The van der Waals surface area contributed by atoms with Crippen molar-refractivity contribution in [2.75, 3.05) is 52.9 Å². The average molecular weight is 551 g/mol. The number of hydrogen-bond acceptors (Lipinski definition) is 7. The van der Waals surface area contributed by atoms with Gasteiger partial charge in [0.2, 0.25) is 0 Å². The van der Waals surface area contributed by atoms with Crippen molar-refractivity contribution < 1.29 is 31.5 Å². The van der Waals surface area contributed by atoms with E-state index >= 15 is 0 Å². The van der Waals surface area contributed by atoms with Gasteiger partial charge in [0.25, 0.3) is 10.1 Å². The van der Waals surface area contributed by atoms with Gasteiger partial charge in [-0.25, -0.2) is 0 Å². The zero-order chi connectivity index (χ0) is 27.3. The molecule has 8 heteroatoms. The zero-order valence-corrected chi connectivity index (χ0v) is 24.0. The van der Waals surface area contributed by atoms with Crippen LogP contribution in [0.2, 0.25) is 0 Å². The van der Waals surface area contributed by atoms with E-state index in [1.807, 2.05) is 19.1 Å². The summed E-state index contributed by atoms with van der Waals surface area (Å²) in [6, 6.07) is 14.9. The largest absolute Gasteiger partial charge is 0.491 e. The third-order valence-electron chi connectivity index (χ3n) is 6.01. The van der Waals surface area contributed by atoms with Crippen LogP contribution in [0.5, 0.6) is 5.75 Å². The SMILES string of the molecule is CCCCCCCCCc1ccc(OCCOCCOCCOCCOS(=O)(=O)c2ccc(C)cc2)cc1. The molecule has 0 aromatic heterocycles. The van der Waals surface area contributed by atoms with Crippen LogP contribution in [0.1, 0.15) is 63.0 Å². The Morgan fingerprint density at radius 1 is 0.605 bits per heavy atom. The molecule has 0 unspecified atom stereocenters. The van der Waals surface area contributed by atoms with Gasteiger partial charge in [-0.15, -0.1) is 0 Å². The van der Waals surface area contributed by atoms with Crippen LogP contribution in [0.25, 0.3) is 0 Å². The molecular formula is C30H46O7S. The van der Waals surface area contributed by atoms with E-state index in [1.165, 1.54) is 62.6 Å². The highest BCUT2D eigenvalue weighted by Crippen LogP contribution is 2.15. The quantitative estimate of drug-likeness (QED) is 0.122. The minimum atomic E-state index is -3.76. The molecule has 214 valence electrons. The molecule has 0 atom stereocenters. The molecule has 0 bridgehead atoms. The predicted octanol–water partition coefficient (Wildman–Crippen LogP) is 6.12. The second-order valence-electron chi connectivity index (χ2n) is 9.29. The highest BCUT2D eigenvalue weighted by atomic mass is 32.2. The maximum atomic E-state index is 12.1. The predicted molar refractivity (Wildman–Crippen MR) is 150 cm³/mol. The molecule has 0 amide bonds. The summed E-state index contributed by atoms with van der Waals surface area (Å²) in [7, 11) is -3.76. The second-order valence-corrected chi connectivity index (χ2v) is 10.9. The monoisotopic (exact) mass is 550 g/mol. The number of benzene rings is 2. The highest BCUT2D eigenvalue weighted by molar-refractivity contribution is 7.86. The smallest absolute Gasteiger partial charge is 0.297 e. The highest BCUT2D eigenvalue weighted by Gasteiger charge is 2.14. The number of ether oxygens (including phenoxy) is 4. The maximum Gasteiger partial charge on any atom is 0.297 e. The van der Waals surface area contributed by atoms with Crippen LogP contribution in [0, 0.1) is 6.92 Å². The molecule has 0 aliphatic carbocycles. The van der Waals surface area contributed by atoms with Crippen molar-refractivity contribution in [2.24, 2.45) is 0 Å². The van der Waals surface area contributed by atoms with Crippen LogP contribution >= 0.6 is 0 Å². The minimum absolute atomic E-state index is 0.0404. The summed E-state index contributed by atoms with van der Waals surface area (Å²) in [5.74, 6) is 0.862. The first kappa shape index (κ1) is 32.2. The third-order valence-corrected chi connectivity index (χ3v) is 7.34. The van der Waals surface area contributed by atoms with Crippen molar-refractivity contribution in [1.29, 1.82) is 0 Å². The summed E-state index contributed by atoms with van der Waals surface area (Å²) in [6.07, 6.45) is 10.4. The van der Waals surface area contributed by atoms with E-state index in [4.69, 9.17) is 23.1 Å². The first-order valence-electron chi connectivity index (χ1n) is 13.9. The van der Waals surface area contributed by atoms with E-state index in [-0.39, 0.29) is 18.1 Å². The van der Waals surface area contributed by atoms with Crippen LogP contribution in [0.4, 0.5) is 0 Å². The Bertz CT molecular complexity index is 944. The Hall–Kier alpha value is -1.97. The van der Waals surface area contributed by atoms with Crippen LogP contribution in [0.3, 0.4) is 0 Å². The van der Waals surface area contributed by atoms with Gasteiger partial charge in [-0.2, -0.15) is 8.42 Å². The Balaban J connectivity index is 1.37. The maximum absolute atomic E-state index is 12.1. The molecule has 0 aliphatic rings. The van der Waals surface area contributed by atoms with Gasteiger partial charge in [0, 0.05) is 0 Å². The molecule has 0 radical (unpaired) electrons. The molecule has 7 nitrogen and oxygen atoms in total. The van der Waals surface area contributed by atoms with E-state index in [1.54, 1.807) is 12.1 Å². The van der Waals surface area contributed by atoms with Gasteiger partial charge in [0.05, 0.1) is 51.1 Å². The zero-order valence-electron chi connectivity index (χ0n) is 23.2. The molecule has 2 aromatic rings.